The molecule has 22 heavy (non-hydrogen) atoms. The van der Waals surface area contributed by atoms with E-state index in [0.717, 1.165) is 31.7 Å². The van der Waals surface area contributed by atoms with Crippen molar-refractivity contribution in [3.05, 3.63) is 29.6 Å². The Morgan fingerprint density at radius 1 is 1.32 bits per heavy atom. The Hall–Kier alpha value is -2.11. The number of methoxy groups -OCH3 is 1. The Kier molecular flexibility index (Phi) is 5.35. The third kappa shape index (κ3) is 3.96. The standard InChI is InChI=1S/C16H20FNO4/c1-10(15(19)18-11-5-3-4-6-11)22-16(20)13-8-7-12(21-2)9-14(13)17/h7-11H,3-6H2,1-2H3,(H,18,19)/t10-/m0/s1. The highest BCUT2D eigenvalue weighted by molar-refractivity contribution is 5.92. The van der Waals surface area contributed by atoms with Crippen molar-refractivity contribution in [3.63, 3.8) is 0 Å². The third-order valence-electron chi connectivity index (χ3n) is 3.75. The maximum Gasteiger partial charge on any atom is 0.341 e. The average molecular weight is 309 g/mol. The zero-order chi connectivity index (χ0) is 16.1. The van der Waals surface area contributed by atoms with Gasteiger partial charge in [0.15, 0.2) is 6.10 Å². The lowest BCUT2D eigenvalue weighted by Crippen LogP contribution is -2.40. The predicted octanol–water partition coefficient (Wildman–Crippen LogP) is 2.44. The van der Waals surface area contributed by atoms with Crippen molar-refractivity contribution in [1.29, 1.82) is 0 Å². The van der Waals surface area contributed by atoms with Gasteiger partial charge >= 0.3 is 5.97 Å². The van der Waals surface area contributed by atoms with Crippen LogP contribution in [0.3, 0.4) is 0 Å². The first-order valence-corrected chi connectivity index (χ1v) is 7.36. The normalized spacial score (nSPS) is 16.1. The Morgan fingerprint density at radius 2 is 2.00 bits per heavy atom. The summed E-state index contributed by atoms with van der Waals surface area (Å²) in [5.74, 6) is -1.66. The van der Waals surface area contributed by atoms with Crippen molar-refractivity contribution >= 4 is 11.9 Å². The zero-order valence-electron chi connectivity index (χ0n) is 12.7. The average Bonchev–Trinajstić information content (AvgIpc) is 2.99. The van der Waals surface area contributed by atoms with Gasteiger partial charge in [-0.2, -0.15) is 0 Å². The zero-order valence-corrected chi connectivity index (χ0v) is 12.7. The van der Waals surface area contributed by atoms with Gasteiger partial charge < -0.3 is 14.8 Å². The van der Waals surface area contributed by atoms with E-state index in [4.69, 9.17) is 9.47 Å². The minimum absolute atomic E-state index is 0.145. The number of rotatable bonds is 5. The van der Waals surface area contributed by atoms with Crippen LogP contribution in [0.4, 0.5) is 4.39 Å². The molecule has 120 valence electrons. The van der Waals surface area contributed by atoms with E-state index < -0.39 is 17.9 Å². The molecule has 1 saturated carbocycles. The molecule has 0 bridgehead atoms. The van der Waals surface area contributed by atoms with Crippen LogP contribution < -0.4 is 10.1 Å². The fourth-order valence-corrected chi connectivity index (χ4v) is 2.45. The molecule has 2 rings (SSSR count). The summed E-state index contributed by atoms with van der Waals surface area (Å²) in [4.78, 5) is 23.9. The van der Waals surface area contributed by atoms with E-state index in [1.54, 1.807) is 0 Å². The number of carbonyl (C=O) groups excluding carboxylic acids is 2. The van der Waals surface area contributed by atoms with Crippen LogP contribution in [-0.4, -0.2) is 31.1 Å². The number of esters is 1. The quantitative estimate of drug-likeness (QED) is 0.849. The van der Waals surface area contributed by atoms with Crippen LogP contribution in [0.2, 0.25) is 0 Å². The fourth-order valence-electron chi connectivity index (χ4n) is 2.45. The number of halogens is 1. The topological polar surface area (TPSA) is 64.6 Å². The highest BCUT2D eigenvalue weighted by Crippen LogP contribution is 2.19. The predicted molar refractivity (Wildman–Crippen MR) is 78.2 cm³/mol. The molecule has 0 heterocycles. The summed E-state index contributed by atoms with van der Waals surface area (Å²) in [6.45, 7) is 1.48. The van der Waals surface area contributed by atoms with Crippen LogP contribution in [0.1, 0.15) is 43.0 Å². The first kappa shape index (κ1) is 16.3. The highest BCUT2D eigenvalue weighted by Gasteiger charge is 2.24. The monoisotopic (exact) mass is 309 g/mol. The van der Waals surface area contributed by atoms with Gasteiger partial charge in [0.25, 0.3) is 5.91 Å². The molecule has 0 unspecified atom stereocenters. The molecule has 1 N–H and O–H groups in total. The summed E-state index contributed by atoms with van der Waals surface area (Å²) in [6.07, 6.45) is 3.11. The van der Waals surface area contributed by atoms with Crippen LogP contribution in [0.15, 0.2) is 18.2 Å². The second kappa shape index (κ2) is 7.24. The molecule has 0 saturated heterocycles. The molecular weight excluding hydrogens is 289 g/mol. The minimum Gasteiger partial charge on any atom is -0.497 e. The highest BCUT2D eigenvalue weighted by atomic mass is 19.1. The van der Waals surface area contributed by atoms with Crippen molar-refractivity contribution < 1.29 is 23.5 Å². The number of amides is 1. The number of hydrogen-bond acceptors (Lipinski definition) is 4. The van der Waals surface area contributed by atoms with E-state index in [1.165, 1.54) is 26.2 Å². The summed E-state index contributed by atoms with van der Waals surface area (Å²) >= 11 is 0. The maximum absolute atomic E-state index is 13.8. The molecular formula is C16H20FNO4. The van der Waals surface area contributed by atoms with Crippen molar-refractivity contribution in [2.75, 3.05) is 7.11 Å². The molecule has 1 aliphatic rings. The second-order valence-electron chi connectivity index (χ2n) is 5.38. The van der Waals surface area contributed by atoms with Gasteiger partial charge in [-0.25, -0.2) is 9.18 Å². The van der Waals surface area contributed by atoms with Crippen molar-refractivity contribution in [3.8, 4) is 5.75 Å². The first-order chi connectivity index (χ1) is 10.5. The van der Waals surface area contributed by atoms with Crippen LogP contribution in [-0.2, 0) is 9.53 Å². The Morgan fingerprint density at radius 3 is 2.59 bits per heavy atom. The number of benzene rings is 1. The Balaban J connectivity index is 1.94. The fraction of sp³-hybridized carbons (Fsp3) is 0.500. The van der Waals surface area contributed by atoms with E-state index in [2.05, 4.69) is 5.32 Å². The first-order valence-electron chi connectivity index (χ1n) is 7.36. The molecule has 1 fully saturated rings. The van der Waals surface area contributed by atoms with E-state index in [9.17, 15) is 14.0 Å². The smallest absolute Gasteiger partial charge is 0.341 e. The van der Waals surface area contributed by atoms with Crippen molar-refractivity contribution in [2.45, 2.75) is 44.8 Å². The van der Waals surface area contributed by atoms with E-state index in [1.807, 2.05) is 0 Å². The van der Waals surface area contributed by atoms with Gasteiger partial charge in [0.2, 0.25) is 0 Å². The van der Waals surface area contributed by atoms with Crippen LogP contribution in [0, 0.1) is 5.82 Å². The maximum atomic E-state index is 13.8. The van der Waals surface area contributed by atoms with Crippen molar-refractivity contribution in [2.24, 2.45) is 0 Å². The molecule has 5 nitrogen and oxygen atoms in total. The minimum atomic E-state index is -0.963. The van der Waals surface area contributed by atoms with Gasteiger partial charge in [0, 0.05) is 12.1 Å². The lowest BCUT2D eigenvalue weighted by atomic mass is 10.2. The number of ether oxygens (including phenoxy) is 2. The molecule has 0 radical (unpaired) electrons. The molecule has 6 heteroatoms. The van der Waals surface area contributed by atoms with Gasteiger partial charge in [-0.3, -0.25) is 4.79 Å². The Bertz CT molecular complexity index is 555. The summed E-state index contributed by atoms with van der Waals surface area (Å²) in [5.41, 5.74) is -0.221. The van der Waals surface area contributed by atoms with Crippen molar-refractivity contribution in [1.82, 2.24) is 5.32 Å². The lowest BCUT2D eigenvalue weighted by Gasteiger charge is -2.17. The Labute approximate surface area is 128 Å². The summed E-state index contributed by atoms with van der Waals surface area (Å²) in [7, 11) is 1.40. The van der Waals surface area contributed by atoms with E-state index >= 15 is 0 Å². The molecule has 0 aromatic heterocycles. The van der Waals surface area contributed by atoms with Crippen LogP contribution >= 0.6 is 0 Å². The largest absolute Gasteiger partial charge is 0.497 e. The summed E-state index contributed by atoms with van der Waals surface area (Å²) in [5, 5.41) is 2.84. The van der Waals surface area contributed by atoms with E-state index in [-0.39, 0.29) is 17.5 Å². The van der Waals surface area contributed by atoms with Gasteiger partial charge in [0.05, 0.1) is 12.7 Å². The van der Waals surface area contributed by atoms with Gasteiger partial charge in [0.1, 0.15) is 11.6 Å². The summed E-state index contributed by atoms with van der Waals surface area (Å²) < 4.78 is 23.7. The van der Waals surface area contributed by atoms with Gasteiger partial charge in [-0.05, 0) is 31.9 Å². The number of carbonyl (C=O) groups is 2. The third-order valence-corrected chi connectivity index (χ3v) is 3.75. The molecule has 1 aromatic carbocycles. The molecule has 0 aliphatic heterocycles. The lowest BCUT2D eigenvalue weighted by molar-refractivity contribution is -0.129. The molecule has 0 spiro atoms. The molecule has 1 amide bonds. The molecule has 1 aromatic rings. The van der Waals surface area contributed by atoms with Crippen LogP contribution in [0.5, 0.6) is 5.75 Å². The number of hydrogen-bond donors (Lipinski definition) is 1. The number of nitrogens with one attached hydrogen (secondary N) is 1. The van der Waals surface area contributed by atoms with E-state index in [0.29, 0.717) is 5.75 Å². The second-order valence-corrected chi connectivity index (χ2v) is 5.38. The SMILES string of the molecule is COc1ccc(C(=O)O[C@@H](C)C(=O)NC2CCCC2)c(F)c1. The van der Waals surface area contributed by atoms with Gasteiger partial charge in [-0.15, -0.1) is 0 Å². The molecule has 1 atom stereocenters. The van der Waals surface area contributed by atoms with Crippen LogP contribution in [0.25, 0.3) is 0 Å². The van der Waals surface area contributed by atoms with Gasteiger partial charge in [-0.1, -0.05) is 12.8 Å². The summed E-state index contributed by atoms with van der Waals surface area (Å²) in [6, 6.07) is 3.98. The molecule has 1 aliphatic carbocycles.